The molecule has 0 aliphatic carbocycles. The van der Waals surface area contributed by atoms with Crippen molar-refractivity contribution < 1.29 is 28.9 Å². The summed E-state index contributed by atoms with van der Waals surface area (Å²) in [5.41, 5.74) is 1.90. The molecule has 0 unspecified atom stereocenters. The maximum Gasteiger partial charge on any atom is 0.266 e. The molecule has 4 atom stereocenters. The Morgan fingerprint density at radius 3 is 2.33 bits per heavy atom. The number of carbonyl (C=O) groups excluding carboxylic acids is 2. The fourth-order valence-corrected chi connectivity index (χ4v) is 12.1. The molecule has 9 heteroatoms. The molecule has 4 aromatic carbocycles. The van der Waals surface area contributed by atoms with Gasteiger partial charge in [-0.3, -0.25) is 14.5 Å². The Labute approximate surface area is 270 Å². The number of amides is 2. The number of methoxy groups -OCH3 is 1. The van der Waals surface area contributed by atoms with Crippen molar-refractivity contribution >= 4 is 42.1 Å². The van der Waals surface area contributed by atoms with Crippen molar-refractivity contribution in [1.82, 2.24) is 0 Å². The van der Waals surface area contributed by atoms with Gasteiger partial charge in [0.05, 0.1) is 38.2 Å². The number of anilines is 3. The molecular weight excluding hydrogens is 597 g/mol. The van der Waals surface area contributed by atoms with Crippen LogP contribution in [0.4, 0.5) is 17.1 Å². The minimum absolute atomic E-state index is 0.0147. The average Bonchev–Trinajstić information content (AvgIpc) is 3.42. The fraction of sp³-hybridized carbons (Fsp3) is 0.297. The van der Waals surface area contributed by atoms with E-state index in [0.717, 1.165) is 17.0 Å². The van der Waals surface area contributed by atoms with Crippen LogP contribution in [0.25, 0.3) is 0 Å². The van der Waals surface area contributed by atoms with Crippen LogP contribution < -0.4 is 24.5 Å². The van der Waals surface area contributed by atoms with Crippen molar-refractivity contribution in [3.63, 3.8) is 0 Å². The second-order valence-corrected chi connectivity index (χ2v) is 17.6. The molecule has 0 bridgehead atoms. The molecule has 1 spiro atoms. The largest absolute Gasteiger partial charge is 0.497 e. The Balaban J connectivity index is 1.37. The third-order valence-corrected chi connectivity index (χ3v) is 14.6. The van der Waals surface area contributed by atoms with E-state index >= 15 is 0 Å². The van der Waals surface area contributed by atoms with Crippen molar-refractivity contribution in [2.45, 2.75) is 43.7 Å². The van der Waals surface area contributed by atoms with Gasteiger partial charge in [-0.1, -0.05) is 61.6 Å². The van der Waals surface area contributed by atoms with Crippen LogP contribution in [0.3, 0.4) is 0 Å². The van der Waals surface area contributed by atoms with Gasteiger partial charge >= 0.3 is 0 Å². The van der Waals surface area contributed by atoms with E-state index in [1.807, 2.05) is 66.7 Å². The van der Waals surface area contributed by atoms with Crippen molar-refractivity contribution in [2.24, 2.45) is 5.92 Å². The zero-order chi connectivity index (χ0) is 32.4. The van der Waals surface area contributed by atoms with E-state index in [4.69, 9.17) is 14.2 Å². The van der Waals surface area contributed by atoms with Crippen LogP contribution in [0, 0.1) is 5.92 Å². The number of fused-ring (bicyclic) bond motifs is 4. The SMILES string of the molecule is COc1ccc([Si](C)(C)[C@H]2[C@H](CCO)O[C@@]3(C(=O)N(C)c4ccc(N5C(=O)c6ccccc6Oc6ccccc65)cc43)[C@@H]2C)cc1. The van der Waals surface area contributed by atoms with Gasteiger partial charge in [0.2, 0.25) is 0 Å². The predicted octanol–water partition coefficient (Wildman–Crippen LogP) is 6.35. The lowest BCUT2D eigenvalue weighted by Crippen LogP contribution is -2.51. The molecule has 3 heterocycles. The molecule has 2 amide bonds. The van der Waals surface area contributed by atoms with Gasteiger partial charge in [0.25, 0.3) is 11.8 Å². The van der Waals surface area contributed by atoms with E-state index < -0.39 is 13.7 Å². The molecule has 3 aliphatic rings. The first kappa shape index (κ1) is 30.2. The van der Waals surface area contributed by atoms with Crippen molar-refractivity contribution in [2.75, 3.05) is 30.6 Å². The first-order valence-electron chi connectivity index (χ1n) is 15.7. The Hall–Kier alpha value is -4.44. The third-order valence-electron chi connectivity index (χ3n) is 10.3. The summed E-state index contributed by atoms with van der Waals surface area (Å²) in [5, 5.41) is 11.4. The number of likely N-dealkylation sites (N-methyl/N-ethyl adjacent to an activating group) is 1. The monoisotopic (exact) mass is 634 g/mol. The van der Waals surface area contributed by atoms with Crippen LogP contribution >= 0.6 is 0 Å². The molecule has 1 saturated heterocycles. The quantitative estimate of drug-likeness (QED) is 0.249. The summed E-state index contributed by atoms with van der Waals surface area (Å²) in [4.78, 5) is 32.0. The number of aliphatic hydroxyl groups excluding tert-OH is 1. The molecule has 0 saturated carbocycles. The van der Waals surface area contributed by atoms with Crippen LogP contribution in [-0.4, -0.2) is 51.9 Å². The Morgan fingerprint density at radius 1 is 0.913 bits per heavy atom. The van der Waals surface area contributed by atoms with Gasteiger partial charge in [-0.25, -0.2) is 0 Å². The zero-order valence-corrected chi connectivity index (χ0v) is 27.7. The highest BCUT2D eigenvalue weighted by molar-refractivity contribution is 6.91. The number of carbonyl (C=O) groups is 2. The summed E-state index contributed by atoms with van der Waals surface area (Å²) in [7, 11) is 1.13. The maximum absolute atomic E-state index is 14.4. The van der Waals surface area contributed by atoms with E-state index in [1.165, 1.54) is 5.19 Å². The number of hydrogen-bond donors (Lipinski definition) is 1. The summed E-state index contributed by atoms with van der Waals surface area (Å²) in [6.07, 6.45) is 0.0816. The number of hydrogen-bond acceptors (Lipinski definition) is 6. The van der Waals surface area contributed by atoms with Crippen LogP contribution in [0.2, 0.25) is 18.6 Å². The van der Waals surface area contributed by atoms with E-state index in [9.17, 15) is 14.7 Å². The first-order valence-corrected chi connectivity index (χ1v) is 18.8. The minimum atomic E-state index is -2.31. The number of benzene rings is 4. The van der Waals surface area contributed by atoms with E-state index in [0.29, 0.717) is 34.9 Å². The second kappa shape index (κ2) is 11.1. The Bertz CT molecular complexity index is 1840. The van der Waals surface area contributed by atoms with Gasteiger partial charge in [0.15, 0.2) is 11.4 Å². The van der Waals surface area contributed by atoms with Gasteiger partial charge in [0, 0.05) is 30.8 Å². The maximum atomic E-state index is 14.4. The molecule has 0 radical (unpaired) electrons. The normalized spacial score (nSPS) is 23.6. The molecular formula is C37H38N2O6Si. The number of para-hydroxylation sites is 3. The lowest BCUT2D eigenvalue weighted by molar-refractivity contribution is -0.145. The molecule has 4 aromatic rings. The first-order chi connectivity index (χ1) is 22.1. The van der Waals surface area contributed by atoms with Crippen LogP contribution in [0.5, 0.6) is 17.2 Å². The summed E-state index contributed by atoms with van der Waals surface area (Å²) >= 11 is 0. The summed E-state index contributed by atoms with van der Waals surface area (Å²) < 4.78 is 18.6. The number of ether oxygens (including phenoxy) is 3. The standard InChI is InChI=1S/C37H38N2O6Si/c1-23-34(46(4,5)26-17-15-25(43-3)16-18-26)33(20-21-40)45-37(23)28-22-24(14-19-29(28)38(2)36(37)42)39-30-11-7-9-13-32(30)44-31-12-8-6-10-27(31)35(39)41/h6-19,22-23,33-34,40H,20-21H2,1-5H3/t23-,33+,34-,37+/m1/s1. The second-order valence-electron chi connectivity index (χ2n) is 12.9. The van der Waals surface area contributed by atoms with E-state index in [-0.39, 0.29) is 36.0 Å². The van der Waals surface area contributed by atoms with Gasteiger partial charge in [-0.2, -0.15) is 0 Å². The summed E-state index contributed by atoms with van der Waals surface area (Å²) in [6, 6.07) is 28.6. The van der Waals surface area contributed by atoms with Crippen molar-refractivity contribution in [3.05, 3.63) is 102 Å². The van der Waals surface area contributed by atoms with Gasteiger partial charge in [-0.15, -0.1) is 0 Å². The molecule has 7 rings (SSSR count). The fourth-order valence-electron chi connectivity index (χ4n) is 8.01. The van der Waals surface area contributed by atoms with Crippen molar-refractivity contribution in [1.29, 1.82) is 0 Å². The van der Waals surface area contributed by atoms with Gasteiger partial charge < -0.3 is 24.2 Å². The molecule has 236 valence electrons. The minimum Gasteiger partial charge on any atom is -0.497 e. The lowest BCUT2D eigenvalue weighted by atomic mass is 9.82. The molecule has 3 aliphatic heterocycles. The summed E-state index contributed by atoms with van der Waals surface area (Å²) in [6.45, 7) is 6.69. The number of aliphatic hydroxyl groups is 1. The Morgan fingerprint density at radius 2 is 1.61 bits per heavy atom. The van der Waals surface area contributed by atoms with Crippen LogP contribution in [0.15, 0.2) is 91.0 Å². The lowest BCUT2D eigenvalue weighted by Gasteiger charge is -2.37. The van der Waals surface area contributed by atoms with Crippen LogP contribution in [0.1, 0.15) is 29.3 Å². The summed E-state index contributed by atoms with van der Waals surface area (Å²) in [5.74, 6) is 1.27. The highest BCUT2D eigenvalue weighted by atomic mass is 28.3. The smallest absolute Gasteiger partial charge is 0.266 e. The average molecular weight is 635 g/mol. The number of rotatable bonds is 6. The van der Waals surface area contributed by atoms with Gasteiger partial charge in [-0.05, 0) is 66.6 Å². The van der Waals surface area contributed by atoms with Crippen LogP contribution in [-0.2, 0) is 15.1 Å². The van der Waals surface area contributed by atoms with Crippen molar-refractivity contribution in [3.8, 4) is 17.2 Å². The molecule has 1 fully saturated rings. The van der Waals surface area contributed by atoms with E-state index in [1.54, 1.807) is 36.1 Å². The molecule has 46 heavy (non-hydrogen) atoms. The topological polar surface area (TPSA) is 88.5 Å². The highest BCUT2D eigenvalue weighted by Crippen LogP contribution is 2.60. The number of nitrogens with zero attached hydrogens (tertiary/aromatic N) is 2. The highest BCUT2D eigenvalue weighted by Gasteiger charge is 2.65. The Kier molecular flexibility index (Phi) is 7.30. The third kappa shape index (κ3) is 4.33. The zero-order valence-electron chi connectivity index (χ0n) is 26.7. The predicted molar refractivity (Wildman–Crippen MR) is 181 cm³/mol. The van der Waals surface area contributed by atoms with Gasteiger partial charge in [0.1, 0.15) is 11.5 Å². The van der Waals surface area contributed by atoms with E-state index in [2.05, 4.69) is 32.2 Å². The molecule has 1 N–H and O–H groups in total. The molecule has 8 nitrogen and oxygen atoms in total. The molecule has 0 aromatic heterocycles.